The van der Waals surface area contributed by atoms with Gasteiger partial charge in [0.05, 0.1) is 17.7 Å². The first-order chi connectivity index (χ1) is 14.1. The van der Waals surface area contributed by atoms with Crippen LogP contribution in [0.15, 0.2) is 35.1 Å². The fourth-order valence-corrected chi connectivity index (χ4v) is 4.07. The monoisotopic (exact) mass is 390 g/mol. The predicted molar refractivity (Wildman–Crippen MR) is 107 cm³/mol. The minimum Gasteiger partial charge on any atom is -0.461 e. The Balaban J connectivity index is 1.53. The number of hydrogen-bond donors (Lipinski definition) is 0. The van der Waals surface area contributed by atoms with E-state index < -0.39 is 0 Å². The molecule has 0 N–H and O–H groups in total. The third-order valence-corrected chi connectivity index (χ3v) is 5.27. The number of piperidine rings is 1. The number of furan rings is 1. The number of aromatic nitrogens is 7. The highest BCUT2D eigenvalue weighted by molar-refractivity contribution is 5.59. The van der Waals surface area contributed by atoms with Gasteiger partial charge in [0.25, 0.3) is 5.78 Å². The van der Waals surface area contributed by atoms with Crippen LogP contribution in [0.5, 0.6) is 0 Å². The van der Waals surface area contributed by atoms with Gasteiger partial charge >= 0.3 is 0 Å². The van der Waals surface area contributed by atoms with Gasteiger partial charge in [-0.2, -0.15) is 9.50 Å². The van der Waals surface area contributed by atoms with Crippen molar-refractivity contribution < 1.29 is 4.42 Å². The molecule has 2 unspecified atom stereocenters. The maximum Gasteiger partial charge on any atom is 0.272 e. The fourth-order valence-electron chi connectivity index (χ4n) is 4.07. The zero-order valence-corrected chi connectivity index (χ0v) is 16.6. The van der Waals surface area contributed by atoms with Crippen molar-refractivity contribution in [1.29, 1.82) is 0 Å². The number of nitrogens with zero attached hydrogens (tertiary/aromatic N) is 8. The number of rotatable bonds is 3. The zero-order chi connectivity index (χ0) is 20.0. The van der Waals surface area contributed by atoms with E-state index in [9.17, 15) is 0 Å². The van der Waals surface area contributed by atoms with Crippen LogP contribution in [0.2, 0.25) is 0 Å². The molecule has 0 aromatic carbocycles. The van der Waals surface area contributed by atoms with Crippen LogP contribution in [0.3, 0.4) is 0 Å². The molecule has 1 aliphatic heterocycles. The van der Waals surface area contributed by atoms with Crippen LogP contribution in [0.4, 0.5) is 5.95 Å². The lowest BCUT2D eigenvalue weighted by Gasteiger charge is -2.35. The quantitative estimate of drug-likeness (QED) is 0.526. The van der Waals surface area contributed by atoms with Crippen LogP contribution in [0.25, 0.3) is 28.8 Å². The largest absolute Gasteiger partial charge is 0.461 e. The minimum atomic E-state index is 0.422. The highest BCUT2D eigenvalue weighted by atomic mass is 16.3. The molecule has 0 bridgehead atoms. The van der Waals surface area contributed by atoms with E-state index >= 15 is 0 Å². The molecule has 9 nitrogen and oxygen atoms in total. The van der Waals surface area contributed by atoms with E-state index in [1.165, 1.54) is 6.42 Å². The van der Waals surface area contributed by atoms with Gasteiger partial charge in [0.15, 0.2) is 5.76 Å². The molecule has 4 aromatic heterocycles. The van der Waals surface area contributed by atoms with Crippen molar-refractivity contribution in [3.05, 3.63) is 36.4 Å². The molecule has 1 fully saturated rings. The molecule has 0 radical (unpaired) electrons. The summed E-state index contributed by atoms with van der Waals surface area (Å²) in [5, 5.41) is 13.1. The summed E-state index contributed by atoms with van der Waals surface area (Å²) in [5.41, 5.74) is 2.20. The lowest BCUT2D eigenvalue weighted by atomic mass is 9.92. The van der Waals surface area contributed by atoms with Crippen LogP contribution < -0.4 is 4.90 Å². The second kappa shape index (κ2) is 6.91. The van der Waals surface area contributed by atoms with Gasteiger partial charge in [-0.25, -0.2) is 9.97 Å². The Labute approximate surface area is 167 Å². The van der Waals surface area contributed by atoms with Gasteiger partial charge in [-0.05, 0) is 43.4 Å². The summed E-state index contributed by atoms with van der Waals surface area (Å²) in [6, 6.07) is 5.47. The van der Waals surface area contributed by atoms with E-state index in [4.69, 9.17) is 9.40 Å². The van der Waals surface area contributed by atoms with Crippen LogP contribution in [-0.2, 0) is 0 Å². The minimum absolute atomic E-state index is 0.422. The lowest BCUT2D eigenvalue weighted by Crippen LogP contribution is -2.39. The van der Waals surface area contributed by atoms with Gasteiger partial charge in [0, 0.05) is 19.3 Å². The highest BCUT2D eigenvalue weighted by Crippen LogP contribution is 2.26. The van der Waals surface area contributed by atoms with Gasteiger partial charge in [-0.15, -0.1) is 15.3 Å². The highest BCUT2D eigenvalue weighted by Gasteiger charge is 2.24. The van der Waals surface area contributed by atoms with Gasteiger partial charge in [-0.1, -0.05) is 13.8 Å². The molecule has 29 heavy (non-hydrogen) atoms. The number of anilines is 1. The summed E-state index contributed by atoms with van der Waals surface area (Å²) >= 11 is 0. The first-order valence-corrected chi connectivity index (χ1v) is 9.81. The summed E-state index contributed by atoms with van der Waals surface area (Å²) in [6.07, 6.45) is 4.61. The van der Waals surface area contributed by atoms with E-state index in [1.54, 1.807) is 23.0 Å². The first kappa shape index (κ1) is 17.7. The van der Waals surface area contributed by atoms with Crippen molar-refractivity contribution >= 4 is 11.7 Å². The summed E-state index contributed by atoms with van der Waals surface area (Å²) < 4.78 is 7.07. The molecule has 0 amide bonds. The van der Waals surface area contributed by atoms with Crippen molar-refractivity contribution in [2.75, 3.05) is 18.0 Å². The van der Waals surface area contributed by atoms with Crippen molar-refractivity contribution in [2.45, 2.75) is 27.2 Å². The molecule has 4 aromatic rings. The summed E-state index contributed by atoms with van der Waals surface area (Å²) in [7, 11) is 0. The first-order valence-electron chi connectivity index (χ1n) is 9.81. The third kappa shape index (κ3) is 3.22. The molecule has 0 spiro atoms. The molecule has 1 aliphatic rings. The van der Waals surface area contributed by atoms with E-state index in [2.05, 4.69) is 44.0 Å². The molecule has 2 atom stereocenters. The van der Waals surface area contributed by atoms with Gasteiger partial charge in [0.2, 0.25) is 11.8 Å². The summed E-state index contributed by atoms with van der Waals surface area (Å²) in [4.78, 5) is 16.0. The number of aryl methyl sites for hydroxylation is 1. The Bertz CT molecular complexity index is 1140. The normalized spacial score (nSPS) is 19.8. The SMILES string of the molecule is Cc1c(-c2ccnc(N3CC(C)CC(C)C3)n2)nnc2nc(-c3ccco3)nn12. The predicted octanol–water partition coefficient (Wildman–Crippen LogP) is 3.03. The van der Waals surface area contributed by atoms with Crippen molar-refractivity contribution in [2.24, 2.45) is 11.8 Å². The van der Waals surface area contributed by atoms with Gasteiger partial charge in [-0.3, -0.25) is 0 Å². The molecule has 5 heterocycles. The number of fused-ring (bicyclic) bond motifs is 1. The second-order valence-corrected chi connectivity index (χ2v) is 7.85. The average molecular weight is 390 g/mol. The van der Waals surface area contributed by atoms with Crippen molar-refractivity contribution in [3.8, 4) is 23.0 Å². The lowest BCUT2D eigenvalue weighted by molar-refractivity contribution is 0.353. The van der Waals surface area contributed by atoms with Crippen molar-refractivity contribution in [1.82, 2.24) is 34.8 Å². The van der Waals surface area contributed by atoms with Crippen LogP contribution in [0.1, 0.15) is 26.0 Å². The standard InChI is InChI=1S/C20H22N8O/c1-12-9-13(2)11-27(10-12)19-21-7-6-15(22-19)17-14(3)28-20(25-24-17)23-18(26-28)16-5-4-8-29-16/h4-8,12-13H,9-11H2,1-3H3. The summed E-state index contributed by atoms with van der Waals surface area (Å²) in [5.74, 6) is 3.47. The Morgan fingerprint density at radius 1 is 1.07 bits per heavy atom. The zero-order valence-electron chi connectivity index (χ0n) is 16.6. The van der Waals surface area contributed by atoms with Crippen molar-refractivity contribution in [3.63, 3.8) is 0 Å². The smallest absolute Gasteiger partial charge is 0.272 e. The van der Waals surface area contributed by atoms with E-state index in [1.807, 2.05) is 19.1 Å². The van der Waals surface area contributed by atoms with Crippen LogP contribution >= 0.6 is 0 Å². The van der Waals surface area contributed by atoms with E-state index in [0.29, 0.717) is 34.9 Å². The molecular weight excluding hydrogens is 368 g/mol. The molecular formula is C20H22N8O. The average Bonchev–Trinajstić information content (AvgIpc) is 3.37. The maximum absolute atomic E-state index is 5.39. The van der Waals surface area contributed by atoms with Gasteiger partial charge < -0.3 is 9.32 Å². The second-order valence-electron chi connectivity index (χ2n) is 7.85. The van der Waals surface area contributed by atoms with E-state index in [0.717, 1.165) is 30.4 Å². The maximum atomic E-state index is 5.39. The number of hydrogen-bond acceptors (Lipinski definition) is 8. The van der Waals surface area contributed by atoms with E-state index in [-0.39, 0.29) is 0 Å². The molecule has 0 saturated carbocycles. The van der Waals surface area contributed by atoms with Crippen LogP contribution in [0, 0.1) is 18.8 Å². The Kier molecular flexibility index (Phi) is 4.22. The fraction of sp³-hybridized carbons (Fsp3) is 0.400. The third-order valence-electron chi connectivity index (χ3n) is 5.27. The van der Waals surface area contributed by atoms with Gasteiger partial charge in [0.1, 0.15) is 5.69 Å². The topological polar surface area (TPSA) is 98.1 Å². The molecule has 9 heteroatoms. The Morgan fingerprint density at radius 3 is 2.66 bits per heavy atom. The molecule has 1 saturated heterocycles. The molecule has 148 valence electrons. The summed E-state index contributed by atoms with van der Waals surface area (Å²) in [6.45, 7) is 8.42. The van der Waals surface area contributed by atoms with Crippen LogP contribution in [-0.4, -0.2) is 47.9 Å². The molecule has 0 aliphatic carbocycles. The Morgan fingerprint density at radius 2 is 1.90 bits per heavy atom. The Hall–Kier alpha value is -3.36. The molecule has 5 rings (SSSR count).